The van der Waals surface area contributed by atoms with E-state index in [1.54, 1.807) is 17.9 Å². The lowest BCUT2D eigenvalue weighted by Gasteiger charge is -2.08. The van der Waals surface area contributed by atoms with Gasteiger partial charge in [0.2, 0.25) is 11.8 Å². The molecule has 0 fully saturated rings. The molecule has 0 saturated carbocycles. The summed E-state index contributed by atoms with van der Waals surface area (Å²) in [6.45, 7) is 3.47. The molecule has 0 aromatic carbocycles. The maximum atomic E-state index is 11.2. The van der Waals surface area contributed by atoms with E-state index in [0.29, 0.717) is 12.1 Å². The van der Waals surface area contributed by atoms with Crippen LogP contribution in [-0.2, 0) is 13.5 Å². The van der Waals surface area contributed by atoms with E-state index >= 15 is 0 Å². The summed E-state index contributed by atoms with van der Waals surface area (Å²) < 4.78 is 1.63. The highest BCUT2D eigenvalue weighted by atomic mass is 16.6. The van der Waals surface area contributed by atoms with Crippen LogP contribution in [0.2, 0.25) is 0 Å². The van der Waals surface area contributed by atoms with Crippen molar-refractivity contribution < 1.29 is 4.92 Å². The Morgan fingerprint density at radius 3 is 2.76 bits per heavy atom. The molecule has 10 heteroatoms. The molecule has 0 radical (unpaired) electrons. The van der Waals surface area contributed by atoms with Gasteiger partial charge in [0.15, 0.2) is 0 Å². The summed E-state index contributed by atoms with van der Waals surface area (Å²) in [5.41, 5.74) is 3.75. The highest BCUT2D eigenvalue weighted by Gasteiger charge is 2.23. The number of hydrogen-bond donors (Lipinski definition) is 3. The van der Waals surface area contributed by atoms with Gasteiger partial charge in [0, 0.05) is 13.2 Å². The third-order valence-electron chi connectivity index (χ3n) is 2.86. The molecule has 2 aromatic heterocycles. The minimum absolute atomic E-state index is 0.0724. The molecule has 0 saturated heterocycles. The third kappa shape index (κ3) is 2.89. The smallest absolute Gasteiger partial charge is 0.331 e. The highest BCUT2D eigenvalue weighted by Crippen LogP contribution is 2.30. The van der Waals surface area contributed by atoms with Crippen LogP contribution in [-0.4, -0.2) is 24.7 Å². The summed E-state index contributed by atoms with van der Waals surface area (Å²) in [6, 6.07) is 0. The van der Waals surface area contributed by atoms with E-state index < -0.39 is 4.92 Å². The second kappa shape index (κ2) is 5.71. The lowest BCUT2D eigenvalue weighted by Crippen LogP contribution is -2.13. The third-order valence-corrected chi connectivity index (χ3v) is 2.86. The fourth-order valence-electron chi connectivity index (χ4n) is 1.96. The molecule has 21 heavy (non-hydrogen) atoms. The van der Waals surface area contributed by atoms with Gasteiger partial charge in [-0.15, -0.1) is 0 Å². The number of anilines is 3. The van der Waals surface area contributed by atoms with Crippen molar-refractivity contribution in [3.05, 3.63) is 27.7 Å². The SMILES string of the molecule is CCc1nn(C)cc1Nc1nc(NN)nc(C)c1[N+](=O)[O-]. The molecule has 0 spiro atoms. The molecule has 2 heterocycles. The van der Waals surface area contributed by atoms with Crippen LogP contribution < -0.4 is 16.6 Å². The number of nitro groups is 1. The number of nitrogens with two attached hydrogens (primary N) is 1. The van der Waals surface area contributed by atoms with Gasteiger partial charge in [-0.25, -0.2) is 10.8 Å². The molecule has 0 aliphatic heterocycles. The number of aryl methyl sites for hydroxylation is 3. The molecule has 0 amide bonds. The van der Waals surface area contributed by atoms with Crippen LogP contribution in [0.5, 0.6) is 0 Å². The van der Waals surface area contributed by atoms with Crippen molar-refractivity contribution in [3.8, 4) is 0 Å². The summed E-state index contributed by atoms with van der Waals surface area (Å²) in [6.07, 6.45) is 2.42. The first-order chi connectivity index (χ1) is 9.96. The summed E-state index contributed by atoms with van der Waals surface area (Å²) in [4.78, 5) is 18.6. The zero-order chi connectivity index (χ0) is 15.6. The summed E-state index contributed by atoms with van der Waals surface area (Å²) in [7, 11) is 1.77. The van der Waals surface area contributed by atoms with Gasteiger partial charge in [-0.05, 0) is 13.3 Å². The van der Waals surface area contributed by atoms with Gasteiger partial charge in [0.1, 0.15) is 5.69 Å². The molecule has 4 N–H and O–H groups in total. The lowest BCUT2D eigenvalue weighted by molar-refractivity contribution is -0.385. The molecule has 2 aromatic rings. The zero-order valence-corrected chi connectivity index (χ0v) is 11.9. The van der Waals surface area contributed by atoms with E-state index in [4.69, 9.17) is 5.84 Å². The highest BCUT2D eigenvalue weighted by molar-refractivity contribution is 5.69. The van der Waals surface area contributed by atoms with Gasteiger partial charge in [0.05, 0.1) is 16.3 Å². The summed E-state index contributed by atoms with van der Waals surface area (Å²) in [5, 5.41) is 18.4. The number of hydrazine groups is 1. The van der Waals surface area contributed by atoms with Gasteiger partial charge >= 0.3 is 5.69 Å². The molecule has 112 valence electrons. The number of hydrogen-bond acceptors (Lipinski definition) is 8. The van der Waals surface area contributed by atoms with Crippen LogP contribution in [0.25, 0.3) is 0 Å². The van der Waals surface area contributed by atoms with Crippen molar-refractivity contribution >= 4 is 23.1 Å². The summed E-state index contributed by atoms with van der Waals surface area (Å²) >= 11 is 0. The molecule has 0 unspecified atom stereocenters. The molecule has 10 nitrogen and oxygen atoms in total. The first-order valence-corrected chi connectivity index (χ1v) is 6.25. The van der Waals surface area contributed by atoms with E-state index in [1.807, 2.05) is 6.92 Å². The first-order valence-electron chi connectivity index (χ1n) is 6.25. The first kappa shape index (κ1) is 14.7. The maximum absolute atomic E-state index is 11.2. The number of aromatic nitrogens is 4. The zero-order valence-electron chi connectivity index (χ0n) is 11.9. The fraction of sp³-hybridized carbons (Fsp3) is 0.364. The van der Waals surface area contributed by atoms with Crippen molar-refractivity contribution in [3.63, 3.8) is 0 Å². The quantitative estimate of drug-likeness (QED) is 0.422. The van der Waals surface area contributed by atoms with Crippen molar-refractivity contribution in [1.82, 2.24) is 19.7 Å². The minimum atomic E-state index is -0.528. The predicted octanol–water partition coefficient (Wildman–Crippen LogP) is 1.02. The second-order valence-electron chi connectivity index (χ2n) is 4.37. The molecular formula is C11H16N8O2. The lowest BCUT2D eigenvalue weighted by atomic mass is 10.3. The van der Waals surface area contributed by atoms with E-state index in [-0.39, 0.29) is 23.1 Å². The standard InChI is InChI=1S/C11H16N8O2/c1-4-7-8(5-18(3)17-7)14-10-9(19(20)21)6(2)13-11(15-10)16-12/h5H,4,12H2,1-3H3,(H2,13,14,15,16). The Bertz CT molecular complexity index is 681. The number of nitrogen functional groups attached to an aromatic ring is 1. The normalized spacial score (nSPS) is 10.5. The molecule has 2 rings (SSSR count). The number of rotatable bonds is 5. The Hall–Kier alpha value is -2.75. The minimum Gasteiger partial charge on any atom is -0.331 e. The van der Waals surface area contributed by atoms with Gasteiger partial charge in [-0.1, -0.05) is 6.92 Å². The van der Waals surface area contributed by atoms with Crippen LogP contribution in [0.1, 0.15) is 18.3 Å². The van der Waals surface area contributed by atoms with Crippen molar-refractivity contribution in [1.29, 1.82) is 0 Å². The maximum Gasteiger partial charge on any atom is 0.332 e. The van der Waals surface area contributed by atoms with Crippen LogP contribution in [0.3, 0.4) is 0 Å². The molecule has 0 atom stereocenters. The van der Waals surface area contributed by atoms with Gasteiger partial charge in [-0.3, -0.25) is 20.2 Å². The predicted molar refractivity (Wildman–Crippen MR) is 77.1 cm³/mol. The Balaban J connectivity index is 2.51. The molecular weight excluding hydrogens is 276 g/mol. The second-order valence-corrected chi connectivity index (χ2v) is 4.37. The van der Waals surface area contributed by atoms with Gasteiger partial charge in [0.25, 0.3) is 0 Å². The molecule has 0 aliphatic rings. The topological polar surface area (TPSA) is 137 Å². The van der Waals surface area contributed by atoms with Crippen LogP contribution >= 0.6 is 0 Å². The Labute approximate surface area is 120 Å². The Morgan fingerprint density at radius 1 is 1.48 bits per heavy atom. The number of nitrogens with one attached hydrogen (secondary N) is 2. The Kier molecular flexibility index (Phi) is 3.98. The van der Waals surface area contributed by atoms with E-state index in [1.165, 1.54) is 6.92 Å². The van der Waals surface area contributed by atoms with E-state index in [9.17, 15) is 10.1 Å². The van der Waals surface area contributed by atoms with E-state index in [2.05, 4.69) is 25.8 Å². The van der Waals surface area contributed by atoms with E-state index in [0.717, 1.165) is 5.69 Å². The number of nitrogens with zero attached hydrogens (tertiary/aromatic N) is 5. The Morgan fingerprint density at radius 2 is 2.19 bits per heavy atom. The van der Waals surface area contributed by atoms with Gasteiger partial charge < -0.3 is 5.32 Å². The van der Waals surface area contributed by atoms with Crippen LogP contribution in [0, 0.1) is 17.0 Å². The summed E-state index contributed by atoms with van der Waals surface area (Å²) in [5.74, 6) is 5.45. The van der Waals surface area contributed by atoms with Crippen molar-refractivity contribution in [2.45, 2.75) is 20.3 Å². The molecule has 0 bridgehead atoms. The van der Waals surface area contributed by atoms with Crippen molar-refractivity contribution in [2.24, 2.45) is 12.9 Å². The van der Waals surface area contributed by atoms with Crippen LogP contribution in [0.15, 0.2) is 6.20 Å². The monoisotopic (exact) mass is 292 g/mol. The van der Waals surface area contributed by atoms with Gasteiger partial charge in [-0.2, -0.15) is 10.1 Å². The fourth-order valence-corrected chi connectivity index (χ4v) is 1.96. The average Bonchev–Trinajstić information content (AvgIpc) is 2.77. The van der Waals surface area contributed by atoms with Crippen LogP contribution in [0.4, 0.5) is 23.1 Å². The van der Waals surface area contributed by atoms with Crippen molar-refractivity contribution in [2.75, 3.05) is 10.7 Å². The molecule has 0 aliphatic carbocycles. The average molecular weight is 292 g/mol. The largest absolute Gasteiger partial charge is 0.332 e.